The van der Waals surface area contributed by atoms with Gasteiger partial charge in [0, 0.05) is 19.9 Å². The van der Waals surface area contributed by atoms with E-state index in [0.29, 0.717) is 18.3 Å². The average Bonchev–Trinajstić information content (AvgIpc) is 2.97. The van der Waals surface area contributed by atoms with E-state index in [-0.39, 0.29) is 6.04 Å². The third kappa shape index (κ3) is 3.40. The van der Waals surface area contributed by atoms with Crippen LogP contribution in [-0.4, -0.2) is 28.8 Å². The topological polar surface area (TPSA) is 87.1 Å². The van der Waals surface area contributed by atoms with Crippen LogP contribution in [0, 0.1) is 0 Å². The lowest BCUT2D eigenvalue weighted by Crippen LogP contribution is -2.11. The van der Waals surface area contributed by atoms with Crippen molar-refractivity contribution in [1.29, 1.82) is 0 Å². The summed E-state index contributed by atoms with van der Waals surface area (Å²) < 4.78 is 10.2. The fourth-order valence-electron chi connectivity index (χ4n) is 1.98. The molecule has 2 heterocycles. The lowest BCUT2D eigenvalue weighted by atomic mass is 10.1. The van der Waals surface area contributed by atoms with Crippen LogP contribution in [0.5, 0.6) is 0 Å². The molecule has 6 heteroatoms. The zero-order chi connectivity index (χ0) is 14.4. The zero-order valence-corrected chi connectivity index (χ0v) is 11.9. The minimum absolute atomic E-state index is 0.264. The van der Waals surface area contributed by atoms with Crippen LogP contribution in [0.15, 0.2) is 22.9 Å². The fourth-order valence-corrected chi connectivity index (χ4v) is 1.98. The first-order chi connectivity index (χ1) is 9.76. The van der Waals surface area contributed by atoms with Crippen LogP contribution in [0.3, 0.4) is 0 Å². The van der Waals surface area contributed by atoms with Crippen LogP contribution in [0.1, 0.15) is 37.3 Å². The molecule has 1 unspecified atom stereocenters. The van der Waals surface area contributed by atoms with Crippen LogP contribution in [0.25, 0.3) is 11.5 Å². The summed E-state index contributed by atoms with van der Waals surface area (Å²) in [5.41, 5.74) is 7.87. The van der Waals surface area contributed by atoms with E-state index in [9.17, 15) is 0 Å². The molecule has 0 aromatic carbocycles. The molecule has 0 saturated carbocycles. The molecule has 0 bridgehead atoms. The van der Waals surface area contributed by atoms with Gasteiger partial charge in [-0.1, -0.05) is 18.1 Å². The molecule has 0 saturated heterocycles. The summed E-state index contributed by atoms with van der Waals surface area (Å²) in [5, 5.41) is 3.98. The van der Waals surface area contributed by atoms with E-state index in [1.165, 1.54) is 0 Å². The summed E-state index contributed by atoms with van der Waals surface area (Å²) in [7, 11) is 1.67. The van der Waals surface area contributed by atoms with E-state index in [1.54, 1.807) is 13.3 Å². The van der Waals surface area contributed by atoms with Gasteiger partial charge in [0.1, 0.15) is 5.69 Å². The van der Waals surface area contributed by atoms with Crippen molar-refractivity contribution in [1.82, 2.24) is 15.1 Å². The smallest absolute Gasteiger partial charge is 0.243 e. The molecule has 0 spiro atoms. The van der Waals surface area contributed by atoms with Crippen molar-refractivity contribution in [3.8, 4) is 11.5 Å². The predicted molar refractivity (Wildman–Crippen MR) is 74.9 cm³/mol. The first kappa shape index (κ1) is 14.6. The lowest BCUT2D eigenvalue weighted by Gasteiger charge is -2.05. The highest BCUT2D eigenvalue weighted by molar-refractivity contribution is 5.53. The Hall–Kier alpha value is -1.79. The van der Waals surface area contributed by atoms with Crippen LogP contribution >= 0.6 is 0 Å². The number of rotatable bonds is 7. The van der Waals surface area contributed by atoms with Gasteiger partial charge in [-0.05, 0) is 30.9 Å². The van der Waals surface area contributed by atoms with E-state index < -0.39 is 0 Å². The summed E-state index contributed by atoms with van der Waals surface area (Å²) in [6, 6.07) is 3.65. The molecule has 0 fully saturated rings. The predicted octanol–water partition coefficient (Wildman–Crippen LogP) is 2.12. The molecule has 6 nitrogen and oxygen atoms in total. The Morgan fingerprint density at radius 3 is 3.05 bits per heavy atom. The van der Waals surface area contributed by atoms with Gasteiger partial charge in [0.2, 0.25) is 11.7 Å². The van der Waals surface area contributed by atoms with E-state index >= 15 is 0 Å². The Kier molecular flexibility index (Phi) is 5.20. The van der Waals surface area contributed by atoms with E-state index in [1.807, 2.05) is 12.1 Å². The third-order valence-corrected chi connectivity index (χ3v) is 3.11. The first-order valence-corrected chi connectivity index (χ1v) is 6.78. The second-order valence-electron chi connectivity index (χ2n) is 4.56. The number of aryl methyl sites for hydroxylation is 1. The number of pyridine rings is 1. The highest BCUT2D eigenvalue weighted by Gasteiger charge is 2.17. The number of aromatic nitrogens is 3. The molecule has 0 amide bonds. The van der Waals surface area contributed by atoms with Crippen molar-refractivity contribution in [2.45, 2.75) is 32.2 Å². The minimum atomic E-state index is -0.264. The molecule has 2 aromatic heterocycles. The van der Waals surface area contributed by atoms with Crippen LogP contribution in [0.4, 0.5) is 0 Å². The van der Waals surface area contributed by atoms with Gasteiger partial charge in [-0.2, -0.15) is 4.98 Å². The van der Waals surface area contributed by atoms with Crippen LogP contribution in [-0.2, 0) is 11.2 Å². The highest BCUT2D eigenvalue weighted by Crippen LogP contribution is 2.21. The molecular formula is C14H20N4O2. The third-order valence-electron chi connectivity index (χ3n) is 3.11. The van der Waals surface area contributed by atoms with Gasteiger partial charge in [0.15, 0.2) is 0 Å². The summed E-state index contributed by atoms with van der Waals surface area (Å²) in [5.74, 6) is 0.948. The molecule has 2 aromatic rings. The second kappa shape index (κ2) is 7.12. The molecule has 2 N–H and O–H groups in total. The number of nitrogens with two attached hydrogens (primary N) is 1. The van der Waals surface area contributed by atoms with Gasteiger partial charge in [-0.3, -0.25) is 4.98 Å². The molecule has 1 atom stereocenters. The second-order valence-corrected chi connectivity index (χ2v) is 4.56. The van der Waals surface area contributed by atoms with Gasteiger partial charge < -0.3 is 15.0 Å². The molecule has 20 heavy (non-hydrogen) atoms. The van der Waals surface area contributed by atoms with Crippen molar-refractivity contribution in [3.63, 3.8) is 0 Å². The van der Waals surface area contributed by atoms with Gasteiger partial charge in [0.05, 0.1) is 6.04 Å². The summed E-state index contributed by atoms with van der Waals surface area (Å²) in [4.78, 5) is 8.68. The molecule has 0 aliphatic heterocycles. The molecule has 0 radical (unpaired) electrons. The van der Waals surface area contributed by atoms with Crippen molar-refractivity contribution < 1.29 is 9.26 Å². The maximum Gasteiger partial charge on any atom is 0.243 e. The summed E-state index contributed by atoms with van der Waals surface area (Å²) in [6.45, 7) is 2.74. The Morgan fingerprint density at radius 2 is 2.30 bits per heavy atom. The zero-order valence-electron chi connectivity index (χ0n) is 11.9. The molecule has 2 rings (SSSR count). The SMILES string of the molecule is CCc1cccnc1-c1noc(C(N)CCCOC)n1. The number of methoxy groups -OCH3 is 1. The van der Waals surface area contributed by atoms with Crippen molar-refractivity contribution in [3.05, 3.63) is 29.8 Å². The van der Waals surface area contributed by atoms with Gasteiger partial charge >= 0.3 is 0 Å². The van der Waals surface area contributed by atoms with E-state index in [4.69, 9.17) is 15.0 Å². The molecule has 0 aliphatic carbocycles. The van der Waals surface area contributed by atoms with Crippen molar-refractivity contribution in [2.75, 3.05) is 13.7 Å². The lowest BCUT2D eigenvalue weighted by molar-refractivity contribution is 0.188. The largest absolute Gasteiger partial charge is 0.385 e. The highest BCUT2D eigenvalue weighted by atomic mass is 16.5. The molecular weight excluding hydrogens is 256 g/mol. The van der Waals surface area contributed by atoms with E-state index in [2.05, 4.69) is 22.0 Å². The summed E-state index contributed by atoms with van der Waals surface area (Å²) in [6.07, 6.45) is 4.20. The normalized spacial score (nSPS) is 12.6. The van der Waals surface area contributed by atoms with Gasteiger partial charge in [-0.15, -0.1) is 0 Å². The number of hydrogen-bond acceptors (Lipinski definition) is 6. The number of hydrogen-bond donors (Lipinski definition) is 1. The van der Waals surface area contributed by atoms with Crippen molar-refractivity contribution in [2.24, 2.45) is 5.73 Å². The minimum Gasteiger partial charge on any atom is -0.385 e. The fraction of sp³-hybridized carbons (Fsp3) is 0.500. The Balaban J connectivity index is 2.12. The number of ether oxygens (including phenoxy) is 1. The maximum absolute atomic E-state index is 6.03. The monoisotopic (exact) mass is 276 g/mol. The average molecular weight is 276 g/mol. The van der Waals surface area contributed by atoms with Gasteiger partial charge in [0.25, 0.3) is 0 Å². The molecule has 108 valence electrons. The Morgan fingerprint density at radius 1 is 1.45 bits per heavy atom. The Labute approximate surface area is 118 Å². The van der Waals surface area contributed by atoms with E-state index in [0.717, 1.165) is 30.5 Å². The maximum atomic E-state index is 6.03. The Bertz CT molecular complexity index is 541. The van der Waals surface area contributed by atoms with Gasteiger partial charge in [-0.25, -0.2) is 0 Å². The first-order valence-electron chi connectivity index (χ1n) is 6.78. The quantitative estimate of drug-likeness (QED) is 0.779. The standard InChI is InChI=1S/C14H20N4O2/c1-3-10-6-4-8-16-12(10)13-17-14(20-18-13)11(15)7-5-9-19-2/h4,6,8,11H,3,5,7,9,15H2,1-2H3. The summed E-state index contributed by atoms with van der Waals surface area (Å²) >= 11 is 0. The molecule has 0 aliphatic rings. The number of nitrogens with zero attached hydrogens (tertiary/aromatic N) is 3. The van der Waals surface area contributed by atoms with Crippen LogP contribution in [0.2, 0.25) is 0 Å². The van der Waals surface area contributed by atoms with Crippen molar-refractivity contribution >= 4 is 0 Å². The van der Waals surface area contributed by atoms with Crippen LogP contribution < -0.4 is 5.73 Å².